The summed E-state index contributed by atoms with van der Waals surface area (Å²) in [7, 11) is 1.81. The zero-order valence-corrected chi connectivity index (χ0v) is 14.2. The predicted octanol–water partition coefficient (Wildman–Crippen LogP) is 1.83. The van der Waals surface area contributed by atoms with E-state index in [1.54, 1.807) is 17.1 Å². The Morgan fingerprint density at radius 3 is 2.87 bits per heavy atom. The number of hydrogen-bond donors (Lipinski definition) is 2. The van der Waals surface area contributed by atoms with Gasteiger partial charge in [-0.3, -0.25) is 9.48 Å². The van der Waals surface area contributed by atoms with Crippen LogP contribution in [-0.2, 0) is 11.8 Å². The number of carbonyl (C=O) groups excluding carboxylic acids is 2. The lowest BCUT2D eigenvalue weighted by Gasteiger charge is -2.32. The lowest BCUT2D eigenvalue weighted by atomic mass is 9.94. The highest BCUT2D eigenvalue weighted by molar-refractivity contribution is 5.90. The van der Waals surface area contributed by atoms with Crippen molar-refractivity contribution in [3.05, 3.63) is 12.4 Å². The Morgan fingerprint density at radius 2 is 2.22 bits per heavy atom. The van der Waals surface area contributed by atoms with Crippen molar-refractivity contribution in [3.63, 3.8) is 0 Å². The van der Waals surface area contributed by atoms with Crippen molar-refractivity contribution in [3.8, 4) is 0 Å². The van der Waals surface area contributed by atoms with Crippen molar-refractivity contribution in [1.82, 2.24) is 20.0 Å². The first kappa shape index (κ1) is 17.3. The maximum Gasteiger partial charge on any atom is 0.317 e. The van der Waals surface area contributed by atoms with Crippen LogP contribution in [-0.4, -0.2) is 46.3 Å². The van der Waals surface area contributed by atoms with Crippen LogP contribution in [0.4, 0.5) is 10.5 Å². The summed E-state index contributed by atoms with van der Waals surface area (Å²) in [4.78, 5) is 26.1. The fourth-order valence-electron chi connectivity index (χ4n) is 2.78. The summed E-state index contributed by atoms with van der Waals surface area (Å²) in [5.74, 6) is 0.627. The lowest BCUT2D eigenvalue weighted by Crippen LogP contribution is -2.46. The topological polar surface area (TPSA) is 79.3 Å². The summed E-state index contributed by atoms with van der Waals surface area (Å²) >= 11 is 0. The number of carbonyl (C=O) groups is 2. The summed E-state index contributed by atoms with van der Waals surface area (Å²) < 4.78 is 1.65. The Bertz CT molecular complexity index is 540. The van der Waals surface area contributed by atoms with Gasteiger partial charge in [0.2, 0.25) is 5.91 Å². The minimum atomic E-state index is -0.0209. The highest BCUT2D eigenvalue weighted by Gasteiger charge is 2.25. The van der Waals surface area contributed by atoms with Gasteiger partial charge in [0.05, 0.1) is 11.9 Å². The van der Waals surface area contributed by atoms with Crippen molar-refractivity contribution < 1.29 is 9.59 Å². The number of likely N-dealkylation sites (tertiary alicyclic amines) is 1. The molecule has 1 aliphatic rings. The van der Waals surface area contributed by atoms with Gasteiger partial charge in [-0.25, -0.2) is 4.79 Å². The van der Waals surface area contributed by atoms with Crippen LogP contribution in [0.15, 0.2) is 12.4 Å². The van der Waals surface area contributed by atoms with E-state index in [9.17, 15) is 9.59 Å². The molecule has 0 aliphatic carbocycles. The van der Waals surface area contributed by atoms with Crippen LogP contribution < -0.4 is 10.6 Å². The number of hydrogen-bond acceptors (Lipinski definition) is 3. The number of piperidine rings is 1. The SMILES string of the molecule is CC(C)CNC(=O)N1CCC[C@@H](CC(=O)Nc2cnn(C)c2)C1. The molecule has 128 valence electrons. The molecule has 7 heteroatoms. The third-order valence-corrected chi connectivity index (χ3v) is 3.93. The van der Waals surface area contributed by atoms with Crippen molar-refractivity contribution in [2.45, 2.75) is 33.1 Å². The fraction of sp³-hybridized carbons (Fsp3) is 0.688. The molecule has 1 aliphatic heterocycles. The number of aryl methyl sites for hydroxylation is 1. The van der Waals surface area contributed by atoms with Crippen LogP contribution in [0.5, 0.6) is 0 Å². The molecule has 1 aromatic heterocycles. The van der Waals surface area contributed by atoms with Gasteiger partial charge < -0.3 is 15.5 Å². The number of nitrogens with one attached hydrogen (secondary N) is 2. The maximum atomic E-state index is 12.1. The Labute approximate surface area is 137 Å². The molecule has 2 rings (SSSR count). The van der Waals surface area contributed by atoms with E-state index in [0.29, 0.717) is 31.1 Å². The van der Waals surface area contributed by atoms with E-state index < -0.39 is 0 Å². The second kappa shape index (κ2) is 7.99. The van der Waals surface area contributed by atoms with Gasteiger partial charge in [-0.1, -0.05) is 13.8 Å². The third kappa shape index (κ3) is 5.58. The first-order chi connectivity index (χ1) is 10.9. The molecule has 1 saturated heterocycles. The molecular formula is C16H27N5O2. The second-order valence-electron chi connectivity index (χ2n) is 6.69. The zero-order chi connectivity index (χ0) is 16.8. The van der Waals surface area contributed by atoms with E-state index in [-0.39, 0.29) is 17.9 Å². The maximum absolute atomic E-state index is 12.1. The normalized spacial score (nSPS) is 18.1. The van der Waals surface area contributed by atoms with Gasteiger partial charge in [-0.05, 0) is 24.7 Å². The van der Waals surface area contributed by atoms with Gasteiger partial charge in [0.25, 0.3) is 0 Å². The van der Waals surface area contributed by atoms with Crippen molar-refractivity contribution in [2.75, 3.05) is 25.0 Å². The number of anilines is 1. The Balaban J connectivity index is 1.79. The second-order valence-corrected chi connectivity index (χ2v) is 6.69. The summed E-state index contributed by atoms with van der Waals surface area (Å²) in [5.41, 5.74) is 0.708. The van der Waals surface area contributed by atoms with Crippen molar-refractivity contribution in [2.24, 2.45) is 18.9 Å². The molecule has 2 N–H and O–H groups in total. The number of amides is 3. The van der Waals surface area contributed by atoms with Crippen LogP contribution in [0, 0.1) is 11.8 Å². The van der Waals surface area contributed by atoms with Gasteiger partial charge in [0.15, 0.2) is 0 Å². The molecule has 0 unspecified atom stereocenters. The van der Waals surface area contributed by atoms with E-state index in [0.717, 1.165) is 19.4 Å². The monoisotopic (exact) mass is 321 g/mol. The van der Waals surface area contributed by atoms with Gasteiger partial charge in [0.1, 0.15) is 0 Å². The molecule has 7 nitrogen and oxygen atoms in total. The molecule has 0 aromatic carbocycles. The zero-order valence-electron chi connectivity index (χ0n) is 14.2. The van der Waals surface area contributed by atoms with Crippen LogP contribution >= 0.6 is 0 Å². The summed E-state index contributed by atoms with van der Waals surface area (Å²) in [6, 6.07) is -0.0175. The summed E-state index contributed by atoms with van der Waals surface area (Å²) in [6.45, 7) is 6.24. The molecule has 0 spiro atoms. The molecule has 1 fully saturated rings. The van der Waals surface area contributed by atoms with Gasteiger partial charge in [-0.2, -0.15) is 5.10 Å². The van der Waals surface area contributed by atoms with E-state index in [4.69, 9.17) is 0 Å². The van der Waals surface area contributed by atoms with Gasteiger partial charge in [0, 0.05) is 39.3 Å². The van der Waals surface area contributed by atoms with Gasteiger partial charge >= 0.3 is 6.03 Å². The molecule has 0 saturated carbocycles. The van der Waals surface area contributed by atoms with Gasteiger partial charge in [-0.15, -0.1) is 0 Å². The highest BCUT2D eigenvalue weighted by atomic mass is 16.2. The van der Waals surface area contributed by atoms with Crippen LogP contribution in [0.25, 0.3) is 0 Å². The van der Waals surface area contributed by atoms with Crippen molar-refractivity contribution >= 4 is 17.6 Å². The largest absolute Gasteiger partial charge is 0.338 e. The van der Waals surface area contributed by atoms with E-state index in [1.807, 2.05) is 11.9 Å². The van der Waals surface area contributed by atoms with E-state index in [1.165, 1.54) is 0 Å². The molecule has 3 amide bonds. The third-order valence-electron chi connectivity index (χ3n) is 3.93. The average molecular weight is 321 g/mol. The Morgan fingerprint density at radius 1 is 1.43 bits per heavy atom. The molecule has 0 bridgehead atoms. The molecule has 1 atom stereocenters. The average Bonchev–Trinajstić information content (AvgIpc) is 2.89. The van der Waals surface area contributed by atoms with Crippen LogP contribution in [0.2, 0.25) is 0 Å². The molecule has 0 radical (unpaired) electrons. The highest BCUT2D eigenvalue weighted by Crippen LogP contribution is 2.20. The first-order valence-electron chi connectivity index (χ1n) is 8.25. The lowest BCUT2D eigenvalue weighted by molar-refractivity contribution is -0.117. The Hall–Kier alpha value is -2.05. The smallest absolute Gasteiger partial charge is 0.317 e. The van der Waals surface area contributed by atoms with E-state index >= 15 is 0 Å². The molecule has 2 heterocycles. The summed E-state index contributed by atoms with van der Waals surface area (Å²) in [5, 5.41) is 9.82. The quantitative estimate of drug-likeness (QED) is 0.868. The van der Waals surface area contributed by atoms with Crippen LogP contribution in [0.1, 0.15) is 33.1 Å². The number of aromatic nitrogens is 2. The summed E-state index contributed by atoms with van der Waals surface area (Å²) in [6.07, 6.45) is 5.76. The molecule has 23 heavy (non-hydrogen) atoms. The van der Waals surface area contributed by atoms with Crippen LogP contribution in [0.3, 0.4) is 0 Å². The molecular weight excluding hydrogens is 294 g/mol. The fourth-order valence-corrected chi connectivity index (χ4v) is 2.78. The predicted molar refractivity (Wildman–Crippen MR) is 89.0 cm³/mol. The standard InChI is InChI=1S/C16H27N5O2/c1-12(2)8-17-16(23)21-6-4-5-13(10-21)7-15(22)19-14-9-18-20(3)11-14/h9,11-13H,4-8,10H2,1-3H3,(H,17,23)(H,19,22)/t13-/m0/s1. The number of urea groups is 1. The number of rotatable bonds is 5. The minimum Gasteiger partial charge on any atom is -0.338 e. The Kier molecular flexibility index (Phi) is 6.01. The number of nitrogens with zero attached hydrogens (tertiary/aromatic N) is 3. The molecule has 1 aromatic rings. The minimum absolute atomic E-state index is 0.0175. The van der Waals surface area contributed by atoms with Crippen molar-refractivity contribution in [1.29, 1.82) is 0 Å². The van der Waals surface area contributed by atoms with E-state index in [2.05, 4.69) is 29.6 Å². The first-order valence-corrected chi connectivity index (χ1v) is 8.25.